The van der Waals surface area contributed by atoms with Gasteiger partial charge in [0.15, 0.2) is 36.7 Å². The molecule has 0 radical (unpaired) electrons. The molecule has 0 fully saturated rings. The Morgan fingerprint density at radius 1 is 0.902 bits per heavy atom. The summed E-state index contributed by atoms with van der Waals surface area (Å²) in [6, 6.07) is 12.3. The third kappa shape index (κ3) is 13.8. The van der Waals surface area contributed by atoms with Crippen LogP contribution in [0.5, 0.6) is 11.5 Å². The second-order valence-corrected chi connectivity index (χ2v) is 11.6. The summed E-state index contributed by atoms with van der Waals surface area (Å²) in [6.07, 6.45) is 17.2. The number of para-hydroxylation sites is 1. The molecule has 2 aromatic carbocycles. The highest BCUT2D eigenvalue weighted by Crippen LogP contribution is 2.30. The highest BCUT2D eigenvalue weighted by Gasteiger charge is 2.14. The van der Waals surface area contributed by atoms with Gasteiger partial charge >= 0.3 is 0 Å². The van der Waals surface area contributed by atoms with Gasteiger partial charge < -0.3 is 31.8 Å². The summed E-state index contributed by atoms with van der Waals surface area (Å²) in [5, 5.41) is 2.87. The van der Waals surface area contributed by atoms with E-state index in [-0.39, 0.29) is 41.0 Å². The van der Waals surface area contributed by atoms with Gasteiger partial charge in [-0.25, -0.2) is 4.39 Å². The van der Waals surface area contributed by atoms with Crippen LogP contribution in [-0.4, -0.2) is 19.1 Å². The number of ether oxygens (including phenoxy) is 2. The average Bonchev–Trinajstić information content (AvgIpc) is 3.35. The summed E-state index contributed by atoms with van der Waals surface area (Å²) in [5.74, 6) is -0.478. The van der Waals surface area contributed by atoms with Crippen molar-refractivity contribution in [2.45, 2.75) is 97.4 Å². The van der Waals surface area contributed by atoms with Gasteiger partial charge in [0.1, 0.15) is 0 Å². The number of carbonyl (C=O) groups excluding carboxylic acids is 1. The molecule has 8 heteroatoms. The summed E-state index contributed by atoms with van der Waals surface area (Å²) in [6.45, 7) is 5.25. The van der Waals surface area contributed by atoms with Crippen LogP contribution >= 0.6 is 11.3 Å². The van der Waals surface area contributed by atoms with Gasteiger partial charge in [0, 0.05) is 11.3 Å². The highest BCUT2D eigenvalue weighted by atomic mass is 79.9. The molecule has 3 rings (SSSR count). The molecule has 1 N–H and O–H groups in total. The zero-order valence-corrected chi connectivity index (χ0v) is 27.0. The molecule has 41 heavy (non-hydrogen) atoms. The van der Waals surface area contributed by atoms with Crippen LogP contribution < -0.4 is 36.3 Å². The Bertz CT molecular complexity index is 1160. The molecule has 0 aliphatic rings. The van der Waals surface area contributed by atoms with E-state index in [9.17, 15) is 9.18 Å². The molecule has 0 unspecified atom stereocenters. The lowest BCUT2D eigenvalue weighted by Gasteiger charge is -2.13. The van der Waals surface area contributed by atoms with Crippen molar-refractivity contribution >= 4 is 22.9 Å². The molecule has 0 aliphatic carbocycles. The number of aryl methyl sites for hydroxylation is 1. The van der Waals surface area contributed by atoms with Crippen LogP contribution in [0.2, 0.25) is 0 Å². The fraction of sp³-hybridized carbons (Fsp3) is 0.515. The highest BCUT2D eigenvalue weighted by molar-refractivity contribution is 7.09. The van der Waals surface area contributed by atoms with Crippen LogP contribution in [0.15, 0.2) is 54.2 Å². The smallest absolute Gasteiger partial charge is 0.262 e. The summed E-state index contributed by atoms with van der Waals surface area (Å²) in [5.41, 5.74) is 3.85. The van der Waals surface area contributed by atoms with Gasteiger partial charge in [-0.3, -0.25) is 4.79 Å². The number of halogens is 2. The zero-order chi connectivity index (χ0) is 28.4. The summed E-state index contributed by atoms with van der Waals surface area (Å²) in [4.78, 5) is 13.8. The van der Waals surface area contributed by atoms with Gasteiger partial charge in [0.2, 0.25) is 5.51 Å². The standard InChI is InChI=1S/C33H45FN2O3S.BrH/c1-3-4-5-6-7-8-9-10-11-12-13-14-21-38-33-30(34)19-16-20-31(33)39-25-32(37)35-29-18-15-17-28(22-29)24-36-23-27(2)40-26-36;/h15-20,22-23,26H,3-14,21,24-25H2,1-2H3;1H. The van der Waals surface area contributed by atoms with Crippen molar-refractivity contribution in [3.8, 4) is 11.5 Å². The van der Waals surface area contributed by atoms with Crippen molar-refractivity contribution in [1.29, 1.82) is 0 Å². The number of nitrogens with zero attached hydrogens (tertiary/aromatic N) is 1. The third-order valence-corrected chi connectivity index (χ3v) is 7.68. The van der Waals surface area contributed by atoms with E-state index < -0.39 is 5.82 Å². The second kappa shape index (κ2) is 20.4. The topological polar surface area (TPSA) is 51.4 Å². The quantitative estimate of drug-likeness (QED) is 0.128. The number of hydrogen-bond acceptors (Lipinski definition) is 4. The van der Waals surface area contributed by atoms with E-state index >= 15 is 0 Å². The van der Waals surface area contributed by atoms with E-state index in [1.807, 2.05) is 24.3 Å². The minimum Gasteiger partial charge on any atom is -1.00 e. The SMILES string of the molecule is CCCCCCCCCCCCCCOc1c(F)cccc1OCC(=O)Nc1cccc(C[n+]2csc(C)c2)c1.[Br-]. The number of carbonyl (C=O) groups is 1. The van der Waals surface area contributed by atoms with Gasteiger partial charge in [-0.15, -0.1) is 0 Å². The maximum Gasteiger partial charge on any atom is 0.262 e. The zero-order valence-electron chi connectivity index (χ0n) is 24.6. The van der Waals surface area contributed by atoms with Crippen molar-refractivity contribution in [3.05, 3.63) is 70.4 Å². The molecule has 3 aromatic rings. The number of hydrogen-bond donors (Lipinski definition) is 1. The van der Waals surface area contributed by atoms with E-state index in [1.165, 1.54) is 75.2 Å². The van der Waals surface area contributed by atoms with Gasteiger partial charge in [-0.2, -0.15) is 4.57 Å². The molecule has 5 nitrogen and oxygen atoms in total. The number of rotatable bonds is 20. The number of benzene rings is 2. The molecule has 226 valence electrons. The Morgan fingerprint density at radius 3 is 2.22 bits per heavy atom. The van der Waals surface area contributed by atoms with Gasteiger partial charge in [0.25, 0.3) is 5.91 Å². The Morgan fingerprint density at radius 2 is 1.56 bits per heavy atom. The van der Waals surface area contributed by atoms with E-state index in [4.69, 9.17) is 9.47 Å². The number of anilines is 1. The first-order chi connectivity index (χ1) is 19.5. The van der Waals surface area contributed by atoms with Crippen molar-refractivity contribution in [2.24, 2.45) is 0 Å². The van der Waals surface area contributed by atoms with Crippen LogP contribution in [0.3, 0.4) is 0 Å². The van der Waals surface area contributed by atoms with Crippen molar-refractivity contribution in [2.75, 3.05) is 18.5 Å². The lowest BCUT2D eigenvalue weighted by molar-refractivity contribution is -0.683. The minimum atomic E-state index is -0.481. The number of nitrogens with one attached hydrogen (secondary N) is 1. The van der Waals surface area contributed by atoms with Crippen LogP contribution in [0.1, 0.15) is 94.4 Å². The Kier molecular flexibility index (Phi) is 17.3. The fourth-order valence-corrected chi connectivity index (χ4v) is 5.32. The molecule has 0 aliphatic heterocycles. The molecular formula is C33H46BrFN2O3S. The summed E-state index contributed by atoms with van der Waals surface area (Å²) in [7, 11) is 0. The predicted octanol–water partition coefficient (Wildman–Crippen LogP) is 5.63. The first-order valence-corrected chi connectivity index (χ1v) is 15.8. The van der Waals surface area contributed by atoms with E-state index in [1.54, 1.807) is 23.5 Å². The molecule has 1 heterocycles. The number of aromatic nitrogens is 1. The predicted molar refractivity (Wildman–Crippen MR) is 162 cm³/mol. The Hall–Kier alpha value is -2.45. The van der Waals surface area contributed by atoms with Crippen LogP contribution in [-0.2, 0) is 11.3 Å². The van der Waals surface area contributed by atoms with Gasteiger partial charge in [0.05, 0.1) is 11.5 Å². The lowest BCUT2D eigenvalue weighted by atomic mass is 10.1. The average molecular weight is 650 g/mol. The number of thiazole rings is 1. The third-order valence-electron chi connectivity index (χ3n) is 6.83. The Labute approximate surface area is 260 Å². The van der Waals surface area contributed by atoms with Crippen molar-refractivity contribution < 1.29 is 40.2 Å². The van der Waals surface area contributed by atoms with Crippen LogP contribution in [0.25, 0.3) is 0 Å². The molecule has 0 spiro atoms. The van der Waals surface area contributed by atoms with E-state index in [0.29, 0.717) is 12.3 Å². The normalized spacial score (nSPS) is 10.7. The molecule has 1 aromatic heterocycles. The molecule has 0 saturated heterocycles. The van der Waals surface area contributed by atoms with E-state index in [0.717, 1.165) is 24.9 Å². The van der Waals surface area contributed by atoms with Gasteiger partial charge in [-0.05, 0) is 37.6 Å². The molecule has 0 saturated carbocycles. The van der Waals surface area contributed by atoms with E-state index in [2.05, 4.69) is 35.4 Å². The Balaban J connectivity index is 0.00000588. The number of amides is 1. The first-order valence-electron chi connectivity index (χ1n) is 14.9. The molecule has 1 amide bonds. The molecule has 0 bridgehead atoms. The monoisotopic (exact) mass is 648 g/mol. The second-order valence-electron chi connectivity index (χ2n) is 10.5. The molecule has 0 atom stereocenters. The summed E-state index contributed by atoms with van der Waals surface area (Å²) >= 11 is 1.70. The molecular weight excluding hydrogens is 603 g/mol. The minimum absolute atomic E-state index is 0. The van der Waals surface area contributed by atoms with Crippen molar-refractivity contribution in [3.63, 3.8) is 0 Å². The summed E-state index contributed by atoms with van der Waals surface area (Å²) < 4.78 is 28.0. The maximum atomic E-state index is 14.5. The lowest BCUT2D eigenvalue weighted by Crippen LogP contribution is -3.00. The van der Waals surface area contributed by atoms with Crippen LogP contribution in [0, 0.1) is 12.7 Å². The van der Waals surface area contributed by atoms with Gasteiger partial charge in [-0.1, -0.05) is 107 Å². The number of unbranched alkanes of at least 4 members (excludes halogenated alkanes) is 11. The first kappa shape index (κ1) is 34.7. The van der Waals surface area contributed by atoms with Crippen LogP contribution in [0.4, 0.5) is 10.1 Å². The maximum absolute atomic E-state index is 14.5. The van der Waals surface area contributed by atoms with Crippen molar-refractivity contribution in [1.82, 2.24) is 0 Å². The largest absolute Gasteiger partial charge is 1.00 e. The fourth-order valence-electron chi connectivity index (χ4n) is 4.69.